The highest BCUT2D eigenvalue weighted by atomic mass is 79.9. The van der Waals surface area contributed by atoms with Gasteiger partial charge in [-0.1, -0.05) is 34.1 Å². The van der Waals surface area contributed by atoms with E-state index in [2.05, 4.69) is 31.4 Å². The van der Waals surface area contributed by atoms with E-state index in [0.29, 0.717) is 12.1 Å². The number of hydrogen-bond donors (Lipinski definition) is 2. The molecule has 1 heterocycles. The van der Waals surface area contributed by atoms with Crippen LogP contribution in [0, 0.1) is 5.82 Å². The summed E-state index contributed by atoms with van der Waals surface area (Å²) >= 11 is 3.25. The van der Waals surface area contributed by atoms with Gasteiger partial charge >= 0.3 is 0 Å². The molecule has 21 heavy (non-hydrogen) atoms. The molecule has 3 aromatic rings. The van der Waals surface area contributed by atoms with Crippen molar-refractivity contribution in [3.05, 3.63) is 70.6 Å². The molecule has 0 spiro atoms. The lowest BCUT2D eigenvalue weighted by atomic mass is 10.1. The number of hydrogen-bond acceptors (Lipinski definition) is 2. The monoisotopic (exact) mass is 345 g/mol. The van der Waals surface area contributed by atoms with Crippen LogP contribution in [0.2, 0.25) is 0 Å². The average Bonchev–Trinajstić information content (AvgIpc) is 3.01. The molecular formula is C16H13BrFN3. The number of nitrogens with zero attached hydrogens (tertiary/aromatic N) is 1. The zero-order chi connectivity index (χ0) is 14.7. The molecule has 0 saturated heterocycles. The van der Waals surface area contributed by atoms with Gasteiger partial charge in [0.25, 0.3) is 0 Å². The van der Waals surface area contributed by atoms with Crippen LogP contribution < -0.4 is 5.32 Å². The summed E-state index contributed by atoms with van der Waals surface area (Å²) in [6.07, 6.45) is 1.71. The second-order valence-electron chi connectivity index (χ2n) is 4.64. The smallest absolute Gasteiger partial charge is 0.129 e. The number of benzene rings is 2. The molecule has 1 aromatic heterocycles. The second-order valence-corrected chi connectivity index (χ2v) is 5.56. The van der Waals surface area contributed by atoms with E-state index in [-0.39, 0.29) is 5.82 Å². The molecule has 0 amide bonds. The first-order chi connectivity index (χ1) is 10.2. The zero-order valence-electron chi connectivity index (χ0n) is 11.1. The molecule has 0 bridgehead atoms. The van der Waals surface area contributed by atoms with Gasteiger partial charge in [0.05, 0.1) is 5.69 Å². The number of H-pyrrole nitrogens is 1. The van der Waals surface area contributed by atoms with Gasteiger partial charge in [-0.25, -0.2) is 4.39 Å². The Hall–Kier alpha value is -2.14. The summed E-state index contributed by atoms with van der Waals surface area (Å²) in [6.45, 7) is 0.436. The predicted octanol–water partition coefficient (Wildman–Crippen LogP) is 4.59. The maximum Gasteiger partial charge on any atom is 0.129 e. The molecule has 3 rings (SSSR count). The van der Waals surface area contributed by atoms with Crippen molar-refractivity contribution < 1.29 is 4.39 Å². The molecule has 0 unspecified atom stereocenters. The van der Waals surface area contributed by atoms with E-state index in [4.69, 9.17) is 0 Å². The van der Waals surface area contributed by atoms with Crippen molar-refractivity contribution >= 4 is 21.6 Å². The molecule has 2 aromatic carbocycles. The number of anilines is 1. The van der Waals surface area contributed by atoms with Crippen LogP contribution >= 0.6 is 15.9 Å². The summed E-state index contributed by atoms with van der Waals surface area (Å²) in [7, 11) is 0. The van der Waals surface area contributed by atoms with E-state index >= 15 is 0 Å². The lowest BCUT2D eigenvalue weighted by Crippen LogP contribution is -2.01. The molecule has 0 atom stereocenters. The highest BCUT2D eigenvalue weighted by Gasteiger charge is 2.04. The molecule has 0 aliphatic heterocycles. The van der Waals surface area contributed by atoms with E-state index in [1.807, 2.05) is 36.4 Å². The summed E-state index contributed by atoms with van der Waals surface area (Å²) < 4.78 is 14.5. The van der Waals surface area contributed by atoms with Gasteiger partial charge in [-0.05, 0) is 30.3 Å². The van der Waals surface area contributed by atoms with Crippen LogP contribution in [0.25, 0.3) is 11.3 Å². The first-order valence-electron chi connectivity index (χ1n) is 6.50. The van der Waals surface area contributed by atoms with E-state index in [1.54, 1.807) is 12.3 Å². The van der Waals surface area contributed by atoms with Crippen molar-refractivity contribution in [2.75, 3.05) is 5.32 Å². The van der Waals surface area contributed by atoms with Gasteiger partial charge in [-0.3, -0.25) is 5.10 Å². The van der Waals surface area contributed by atoms with E-state index in [0.717, 1.165) is 21.4 Å². The first kappa shape index (κ1) is 13.8. The van der Waals surface area contributed by atoms with E-state index in [1.165, 1.54) is 6.07 Å². The third kappa shape index (κ3) is 3.31. The Labute approximate surface area is 130 Å². The van der Waals surface area contributed by atoms with Crippen molar-refractivity contribution in [3.63, 3.8) is 0 Å². The Bertz CT molecular complexity index is 741. The van der Waals surface area contributed by atoms with Gasteiger partial charge in [-0.15, -0.1) is 0 Å². The summed E-state index contributed by atoms with van der Waals surface area (Å²) in [6, 6.07) is 14.9. The maximum atomic E-state index is 13.8. The molecule has 0 aliphatic rings. The molecule has 3 nitrogen and oxygen atoms in total. The quantitative estimate of drug-likeness (QED) is 0.725. The fraction of sp³-hybridized carbons (Fsp3) is 0.0625. The Balaban J connectivity index is 1.75. The normalized spacial score (nSPS) is 10.6. The molecular weight excluding hydrogens is 333 g/mol. The van der Waals surface area contributed by atoms with E-state index in [9.17, 15) is 4.39 Å². The molecule has 5 heteroatoms. The van der Waals surface area contributed by atoms with Crippen LogP contribution in [-0.4, -0.2) is 10.2 Å². The summed E-state index contributed by atoms with van der Waals surface area (Å²) in [5.41, 5.74) is 3.55. The summed E-state index contributed by atoms with van der Waals surface area (Å²) in [5.74, 6) is -0.221. The molecule has 0 fully saturated rings. The number of aromatic amines is 1. The fourth-order valence-electron chi connectivity index (χ4n) is 2.08. The minimum absolute atomic E-state index is 0.221. The van der Waals surface area contributed by atoms with Crippen LogP contribution in [0.4, 0.5) is 10.1 Å². The van der Waals surface area contributed by atoms with Gasteiger partial charge in [0, 0.05) is 34.0 Å². The predicted molar refractivity (Wildman–Crippen MR) is 85.5 cm³/mol. The van der Waals surface area contributed by atoms with Crippen molar-refractivity contribution in [2.45, 2.75) is 6.54 Å². The third-order valence-electron chi connectivity index (χ3n) is 3.17. The number of aromatic nitrogens is 2. The van der Waals surface area contributed by atoms with Crippen LogP contribution in [0.15, 0.2) is 59.2 Å². The summed E-state index contributed by atoms with van der Waals surface area (Å²) in [4.78, 5) is 0. The van der Waals surface area contributed by atoms with Gasteiger partial charge < -0.3 is 5.32 Å². The topological polar surface area (TPSA) is 40.7 Å². The standard InChI is InChI=1S/C16H13BrFN3/c17-13-5-4-12(15(18)9-13)10-19-14-3-1-2-11(8-14)16-6-7-20-21-16/h1-9,19H,10H2,(H,20,21). The van der Waals surface area contributed by atoms with Crippen LogP contribution in [0.3, 0.4) is 0 Å². The molecule has 0 aliphatic carbocycles. The summed E-state index contributed by atoms with van der Waals surface area (Å²) in [5, 5.41) is 10.1. The molecule has 106 valence electrons. The Morgan fingerprint density at radius 2 is 2.05 bits per heavy atom. The fourth-order valence-corrected chi connectivity index (χ4v) is 2.41. The lowest BCUT2D eigenvalue weighted by molar-refractivity contribution is 0.612. The molecule has 0 radical (unpaired) electrons. The van der Waals surface area contributed by atoms with Crippen LogP contribution in [0.5, 0.6) is 0 Å². The lowest BCUT2D eigenvalue weighted by Gasteiger charge is -2.09. The number of nitrogens with one attached hydrogen (secondary N) is 2. The van der Waals surface area contributed by atoms with Crippen LogP contribution in [0.1, 0.15) is 5.56 Å². The first-order valence-corrected chi connectivity index (χ1v) is 7.29. The van der Waals surface area contributed by atoms with E-state index < -0.39 is 0 Å². The van der Waals surface area contributed by atoms with Crippen LogP contribution in [-0.2, 0) is 6.54 Å². The Morgan fingerprint density at radius 1 is 1.14 bits per heavy atom. The average molecular weight is 346 g/mol. The highest BCUT2D eigenvalue weighted by Crippen LogP contribution is 2.21. The van der Waals surface area contributed by atoms with Gasteiger partial charge in [0.15, 0.2) is 0 Å². The Morgan fingerprint density at radius 3 is 2.81 bits per heavy atom. The zero-order valence-corrected chi connectivity index (χ0v) is 12.7. The van der Waals surface area contributed by atoms with Crippen molar-refractivity contribution in [3.8, 4) is 11.3 Å². The second kappa shape index (κ2) is 6.10. The molecule has 0 saturated carbocycles. The highest BCUT2D eigenvalue weighted by molar-refractivity contribution is 9.10. The third-order valence-corrected chi connectivity index (χ3v) is 3.67. The van der Waals surface area contributed by atoms with Crippen molar-refractivity contribution in [1.82, 2.24) is 10.2 Å². The molecule has 2 N–H and O–H groups in total. The maximum absolute atomic E-state index is 13.8. The SMILES string of the molecule is Fc1cc(Br)ccc1CNc1cccc(-c2ccn[nH]2)c1. The van der Waals surface area contributed by atoms with Gasteiger partial charge in [0.2, 0.25) is 0 Å². The van der Waals surface area contributed by atoms with Gasteiger partial charge in [0.1, 0.15) is 5.82 Å². The largest absolute Gasteiger partial charge is 0.381 e. The number of halogens is 2. The van der Waals surface area contributed by atoms with Crippen molar-refractivity contribution in [1.29, 1.82) is 0 Å². The Kier molecular flexibility index (Phi) is 4.01. The number of rotatable bonds is 4. The van der Waals surface area contributed by atoms with Crippen molar-refractivity contribution in [2.24, 2.45) is 0 Å². The minimum Gasteiger partial charge on any atom is -0.381 e. The minimum atomic E-state index is -0.221. The van der Waals surface area contributed by atoms with Gasteiger partial charge in [-0.2, -0.15) is 5.10 Å².